The van der Waals surface area contributed by atoms with Crippen molar-refractivity contribution < 1.29 is 17.6 Å². The zero-order chi connectivity index (χ0) is 23.6. The Hall–Kier alpha value is -3.04. The maximum atomic E-state index is 13.3. The van der Waals surface area contributed by atoms with Crippen molar-refractivity contribution in [1.82, 2.24) is 19.4 Å². The van der Waals surface area contributed by atoms with Gasteiger partial charge in [-0.15, -0.1) is 0 Å². The number of hydrogen-bond acceptors (Lipinski definition) is 4. The number of halogens is 1. The zero-order valence-corrected chi connectivity index (χ0v) is 19.5. The van der Waals surface area contributed by atoms with Gasteiger partial charge in [-0.25, -0.2) is 17.5 Å². The Morgan fingerprint density at radius 1 is 1.06 bits per heavy atom. The van der Waals surface area contributed by atoms with Crippen LogP contribution >= 0.6 is 0 Å². The minimum Gasteiger partial charge on any atom is -0.348 e. The number of sulfonamides is 1. The van der Waals surface area contributed by atoms with E-state index in [2.05, 4.69) is 10.4 Å². The number of nitrogens with one attached hydrogen (secondary N) is 1. The third-order valence-corrected chi connectivity index (χ3v) is 7.66. The smallest absolute Gasteiger partial charge is 0.255 e. The van der Waals surface area contributed by atoms with Crippen LogP contribution < -0.4 is 5.32 Å². The molecule has 1 saturated heterocycles. The van der Waals surface area contributed by atoms with Gasteiger partial charge in [0, 0.05) is 19.6 Å². The molecule has 1 fully saturated rings. The highest BCUT2D eigenvalue weighted by Crippen LogP contribution is 2.24. The van der Waals surface area contributed by atoms with Gasteiger partial charge >= 0.3 is 0 Å². The first-order valence-corrected chi connectivity index (χ1v) is 12.4. The SMILES string of the molecule is CC(C)c1c(C(=O)NCc2ccc(S(=O)(=O)N3CCCC3)cc2)cnn1-c1ccc(F)cc1. The van der Waals surface area contributed by atoms with Crippen molar-refractivity contribution in [3.05, 3.63) is 77.4 Å². The molecule has 9 heteroatoms. The van der Waals surface area contributed by atoms with Crippen LogP contribution in [-0.2, 0) is 16.6 Å². The van der Waals surface area contributed by atoms with Gasteiger partial charge in [0.15, 0.2) is 0 Å². The molecule has 7 nitrogen and oxygen atoms in total. The summed E-state index contributed by atoms with van der Waals surface area (Å²) < 4.78 is 41.8. The number of carbonyl (C=O) groups is 1. The van der Waals surface area contributed by atoms with Crippen molar-refractivity contribution in [1.29, 1.82) is 0 Å². The summed E-state index contributed by atoms with van der Waals surface area (Å²) in [5.74, 6) is -0.608. The van der Waals surface area contributed by atoms with Crippen LogP contribution in [0.4, 0.5) is 4.39 Å². The van der Waals surface area contributed by atoms with Gasteiger partial charge in [0.25, 0.3) is 5.91 Å². The molecule has 1 aliphatic heterocycles. The molecule has 0 aliphatic carbocycles. The second-order valence-corrected chi connectivity index (χ2v) is 10.4. The summed E-state index contributed by atoms with van der Waals surface area (Å²) in [7, 11) is -3.46. The van der Waals surface area contributed by atoms with Crippen LogP contribution in [0, 0.1) is 5.82 Å². The van der Waals surface area contributed by atoms with Crippen molar-refractivity contribution in [2.24, 2.45) is 0 Å². The van der Waals surface area contributed by atoms with Crippen LogP contribution in [0.25, 0.3) is 5.69 Å². The average molecular weight is 471 g/mol. The molecule has 0 radical (unpaired) electrons. The largest absolute Gasteiger partial charge is 0.348 e. The van der Waals surface area contributed by atoms with E-state index in [-0.39, 0.29) is 29.1 Å². The number of amides is 1. The van der Waals surface area contributed by atoms with Gasteiger partial charge in [-0.05, 0) is 60.7 Å². The predicted molar refractivity (Wildman–Crippen MR) is 123 cm³/mol. The second kappa shape index (κ2) is 9.44. The molecule has 33 heavy (non-hydrogen) atoms. The van der Waals surface area contributed by atoms with Gasteiger partial charge in [-0.3, -0.25) is 4.79 Å². The van der Waals surface area contributed by atoms with Crippen molar-refractivity contribution >= 4 is 15.9 Å². The molecule has 1 N–H and O–H groups in total. The molecule has 2 heterocycles. The highest BCUT2D eigenvalue weighted by Gasteiger charge is 2.27. The minimum atomic E-state index is -3.46. The molecule has 1 aliphatic rings. The summed E-state index contributed by atoms with van der Waals surface area (Å²) in [6, 6.07) is 12.6. The number of aromatic nitrogens is 2. The van der Waals surface area contributed by atoms with Crippen LogP contribution in [0.15, 0.2) is 59.6 Å². The summed E-state index contributed by atoms with van der Waals surface area (Å²) in [5, 5.41) is 7.24. The second-order valence-electron chi connectivity index (χ2n) is 8.42. The van der Waals surface area contributed by atoms with Crippen LogP contribution in [0.5, 0.6) is 0 Å². The molecular formula is C24H27FN4O3S. The maximum Gasteiger partial charge on any atom is 0.255 e. The maximum absolute atomic E-state index is 13.3. The standard InChI is InChI=1S/C24H27FN4O3S/c1-17(2)23-22(16-27-29(23)20-9-7-19(25)8-10-20)24(30)26-15-18-5-11-21(12-6-18)33(31,32)28-13-3-4-14-28/h5-12,16-17H,3-4,13-15H2,1-2H3,(H,26,30). The third-order valence-electron chi connectivity index (χ3n) is 5.75. The third kappa shape index (κ3) is 4.84. The highest BCUT2D eigenvalue weighted by molar-refractivity contribution is 7.89. The van der Waals surface area contributed by atoms with E-state index in [1.807, 2.05) is 13.8 Å². The first-order valence-electron chi connectivity index (χ1n) is 11.0. The lowest BCUT2D eigenvalue weighted by atomic mass is 10.0. The molecule has 174 valence electrons. The fraction of sp³-hybridized carbons (Fsp3) is 0.333. The lowest BCUT2D eigenvalue weighted by Gasteiger charge is -2.16. The Labute approximate surface area is 193 Å². The van der Waals surface area contributed by atoms with Gasteiger partial charge in [-0.1, -0.05) is 26.0 Å². The summed E-state index contributed by atoms with van der Waals surface area (Å²) >= 11 is 0. The molecule has 3 aromatic rings. The van der Waals surface area contributed by atoms with Gasteiger partial charge in [0.05, 0.1) is 28.0 Å². The van der Waals surface area contributed by atoms with E-state index in [0.717, 1.165) is 24.1 Å². The Morgan fingerprint density at radius 2 is 1.70 bits per heavy atom. The molecule has 0 bridgehead atoms. The van der Waals surface area contributed by atoms with Crippen molar-refractivity contribution in [3.8, 4) is 5.69 Å². The molecule has 0 atom stereocenters. The summed E-state index contributed by atoms with van der Waals surface area (Å²) in [6.07, 6.45) is 3.29. The number of hydrogen-bond donors (Lipinski definition) is 1. The van der Waals surface area contributed by atoms with Crippen molar-refractivity contribution in [3.63, 3.8) is 0 Å². The van der Waals surface area contributed by atoms with Crippen LogP contribution in [0.2, 0.25) is 0 Å². The molecule has 0 spiro atoms. The molecule has 0 saturated carbocycles. The number of rotatable bonds is 7. The monoisotopic (exact) mass is 470 g/mol. The predicted octanol–water partition coefficient (Wildman–Crippen LogP) is 3.85. The molecule has 1 aromatic heterocycles. The van der Waals surface area contributed by atoms with E-state index < -0.39 is 10.0 Å². The van der Waals surface area contributed by atoms with E-state index in [1.165, 1.54) is 22.6 Å². The molecule has 2 aromatic carbocycles. The van der Waals surface area contributed by atoms with Crippen LogP contribution in [0.3, 0.4) is 0 Å². The highest BCUT2D eigenvalue weighted by atomic mass is 32.2. The molecular weight excluding hydrogens is 443 g/mol. The number of carbonyl (C=O) groups excluding carboxylic acids is 1. The van der Waals surface area contributed by atoms with E-state index >= 15 is 0 Å². The van der Waals surface area contributed by atoms with E-state index in [1.54, 1.807) is 41.1 Å². The lowest BCUT2D eigenvalue weighted by Crippen LogP contribution is -2.28. The van der Waals surface area contributed by atoms with Gasteiger partial charge < -0.3 is 5.32 Å². The summed E-state index contributed by atoms with van der Waals surface area (Å²) in [4.78, 5) is 13.2. The number of benzene rings is 2. The molecule has 4 rings (SSSR count). The summed E-state index contributed by atoms with van der Waals surface area (Å²) in [5.41, 5.74) is 2.64. The first-order chi connectivity index (χ1) is 15.8. The molecule has 1 amide bonds. The van der Waals surface area contributed by atoms with Crippen LogP contribution in [-0.4, -0.2) is 41.5 Å². The topological polar surface area (TPSA) is 84.3 Å². The zero-order valence-electron chi connectivity index (χ0n) is 18.7. The van der Waals surface area contributed by atoms with E-state index in [9.17, 15) is 17.6 Å². The molecule has 0 unspecified atom stereocenters. The number of nitrogens with zero attached hydrogens (tertiary/aromatic N) is 3. The van der Waals surface area contributed by atoms with E-state index in [4.69, 9.17) is 0 Å². The lowest BCUT2D eigenvalue weighted by molar-refractivity contribution is 0.0949. The fourth-order valence-electron chi connectivity index (χ4n) is 4.01. The van der Waals surface area contributed by atoms with Crippen molar-refractivity contribution in [2.45, 2.75) is 44.0 Å². The summed E-state index contributed by atoms with van der Waals surface area (Å²) in [6.45, 7) is 5.30. The first kappa shape index (κ1) is 23.1. The average Bonchev–Trinajstić information content (AvgIpc) is 3.49. The minimum absolute atomic E-state index is 0.00776. The van der Waals surface area contributed by atoms with E-state index in [0.29, 0.717) is 24.3 Å². The van der Waals surface area contributed by atoms with Crippen molar-refractivity contribution in [2.75, 3.05) is 13.1 Å². The Bertz CT molecular complexity index is 1230. The van der Waals surface area contributed by atoms with Gasteiger partial charge in [-0.2, -0.15) is 9.40 Å². The Balaban J connectivity index is 1.47. The Morgan fingerprint density at radius 3 is 2.30 bits per heavy atom. The Kier molecular flexibility index (Phi) is 6.62. The van der Waals surface area contributed by atoms with Crippen LogP contribution in [0.1, 0.15) is 54.2 Å². The fourth-order valence-corrected chi connectivity index (χ4v) is 5.53. The quantitative estimate of drug-likeness (QED) is 0.569. The van der Waals surface area contributed by atoms with Gasteiger partial charge in [0.1, 0.15) is 5.82 Å². The normalized spacial score (nSPS) is 14.7. The van der Waals surface area contributed by atoms with Gasteiger partial charge in [0.2, 0.25) is 10.0 Å².